The molecule has 4 aromatic rings. The largest absolute Gasteiger partial charge is 0.140 e. The fraction of sp³-hybridized carbons (Fsp3) is 0. The molecule has 0 atom stereocenters. The zero-order valence-corrected chi connectivity index (χ0v) is 13.9. The minimum atomic E-state index is 1.14. The van der Waals surface area contributed by atoms with Gasteiger partial charge in [0.2, 0.25) is 0 Å². The Balaban J connectivity index is 2.21. The summed E-state index contributed by atoms with van der Waals surface area (Å²) in [4.78, 5) is 0. The fourth-order valence-electron chi connectivity index (χ4n) is 3.21. The molecule has 0 saturated carbocycles. The summed E-state index contributed by atoms with van der Waals surface area (Å²) in [6.45, 7) is 0. The molecule has 0 radical (unpaired) electrons. The monoisotopic (exact) mass is 344 g/mol. The van der Waals surface area contributed by atoms with E-state index in [9.17, 15) is 0 Å². The highest BCUT2D eigenvalue weighted by Crippen LogP contribution is 2.37. The molecule has 0 aliphatic carbocycles. The lowest BCUT2D eigenvalue weighted by molar-refractivity contribution is 1.67. The minimum Gasteiger partial charge on any atom is -0.0806 e. The Labute approximate surface area is 139 Å². The Kier molecular flexibility index (Phi) is 3.27. The summed E-state index contributed by atoms with van der Waals surface area (Å²) in [5.41, 5.74) is 3.91. The Hall–Kier alpha value is -2.06. The highest BCUT2D eigenvalue weighted by molar-refractivity contribution is 9.10. The first-order valence-corrected chi connectivity index (χ1v) is 8.21. The van der Waals surface area contributed by atoms with Crippen LogP contribution in [0.3, 0.4) is 0 Å². The van der Waals surface area contributed by atoms with Crippen LogP contribution in [0.4, 0.5) is 0 Å². The van der Waals surface area contributed by atoms with Crippen molar-refractivity contribution in [3.05, 3.63) is 77.3 Å². The molecule has 0 aliphatic rings. The number of rotatable bonds is 1. The van der Waals surface area contributed by atoms with Crippen LogP contribution in [-0.4, -0.2) is 7.85 Å². The second-order valence-corrected chi connectivity index (χ2v) is 6.48. The fourth-order valence-corrected chi connectivity index (χ4v) is 3.76. The molecule has 2 heteroatoms. The molecule has 0 unspecified atom stereocenters. The van der Waals surface area contributed by atoms with Gasteiger partial charge in [-0.05, 0) is 33.2 Å². The average Bonchev–Trinajstić information content (AvgIpc) is 2.56. The topological polar surface area (TPSA) is 0 Å². The molecule has 4 rings (SSSR count). The summed E-state index contributed by atoms with van der Waals surface area (Å²) in [6, 6.07) is 25.9. The van der Waals surface area contributed by atoms with Crippen molar-refractivity contribution in [1.82, 2.24) is 0 Å². The molecule has 4 aromatic carbocycles. The molecule has 0 N–H and O–H groups in total. The van der Waals surface area contributed by atoms with E-state index < -0.39 is 0 Å². The van der Waals surface area contributed by atoms with Crippen LogP contribution in [0.25, 0.3) is 32.7 Å². The van der Waals surface area contributed by atoms with E-state index in [1.807, 2.05) is 0 Å². The van der Waals surface area contributed by atoms with Gasteiger partial charge in [0.25, 0.3) is 0 Å². The van der Waals surface area contributed by atoms with Gasteiger partial charge in [0, 0.05) is 10.0 Å². The van der Waals surface area contributed by atoms with Gasteiger partial charge in [0.1, 0.15) is 7.85 Å². The third-order valence-corrected chi connectivity index (χ3v) is 4.93. The normalized spacial score (nSPS) is 11.1. The Bertz CT molecular complexity index is 922. The number of benzene rings is 4. The highest BCUT2D eigenvalue weighted by Gasteiger charge is 2.13. The molecule has 0 heterocycles. The second kappa shape index (κ2) is 5.29. The van der Waals surface area contributed by atoms with E-state index in [0.29, 0.717) is 0 Å². The first kappa shape index (κ1) is 13.6. The van der Waals surface area contributed by atoms with E-state index >= 15 is 0 Å². The predicted molar refractivity (Wildman–Crippen MR) is 103 cm³/mol. The van der Waals surface area contributed by atoms with E-state index in [1.165, 1.54) is 38.1 Å². The Morgan fingerprint density at radius 1 is 0.591 bits per heavy atom. The van der Waals surface area contributed by atoms with Crippen molar-refractivity contribution >= 4 is 50.8 Å². The van der Waals surface area contributed by atoms with Crippen molar-refractivity contribution in [1.29, 1.82) is 0 Å². The molecule has 0 spiro atoms. The number of hydrogen-bond acceptors (Lipinski definition) is 0. The number of fused-ring (bicyclic) bond motifs is 2. The first-order chi connectivity index (χ1) is 10.8. The molecule has 104 valence electrons. The molecule has 0 fully saturated rings. The molecule has 0 amide bonds. The van der Waals surface area contributed by atoms with Crippen LogP contribution in [0.15, 0.2) is 77.3 Å². The number of halogens is 1. The highest BCUT2D eigenvalue weighted by atomic mass is 79.9. The predicted octanol–water partition coefficient (Wildman–Crippen LogP) is 4.68. The lowest BCUT2D eigenvalue weighted by Crippen LogP contribution is -2.07. The van der Waals surface area contributed by atoms with E-state index in [0.717, 1.165) is 4.47 Å². The van der Waals surface area contributed by atoms with Crippen LogP contribution in [0, 0.1) is 0 Å². The summed E-state index contributed by atoms with van der Waals surface area (Å²) in [5.74, 6) is 0. The van der Waals surface area contributed by atoms with Gasteiger partial charge in [-0.25, -0.2) is 0 Å². The van der Waals surface area contributed by atoms with Crippen LogP contribution >= 0.6 is 15.9 Å². The lowest BCUT2D eigenvalue weighted by Gasteiger charge is -2.15. The zero-order valence-electron chi connectivity index (χ0n) is 12.3. The molecule has 0 saturated heterocycles. The van der Waals surface area contributed by atoms with Gasteiger partial charge in [-0.15, -0.1) is 0 Å². The van der Waals surface area contributed by atoms with Gasteiger partial charge in [0.05, 0.1) is 0 Å². The van der Waals surface area contributed by atoms with Crippen LogP contribution in [0.5, 0.6) is 0 Å². The van der Waals surface area contributed by atoms with Gasteiger partial charge in [0.15, 0.2) is 0 Å². The smallest absolute Gasteiger partial charge is 0.0806 e. The molecule has 0 bridgehead atoms. The summed E-state index contributed by atoms with van der Waals surface area (Å²) in [7, 11) is 2.19. The van der Waals surface area contributed by atoms with Crippen LogP contribution < -0.4 is 5.46 Å². The molecule has 22 heavy (non-hydrogen) atoms. The van der Waals surface area contributed by atoms with Crippen molar-refractivity contribution < 1.29 is 0 Å². The standard InChI is InChI=1S/C20H14BBr/c21-17-11-9-13-5-1-3-7-15(13)19(17)20-16-8-4-2-6-14(16)10-12-18(20)22/h1-12H,21H2. The van der Waals surface area contributed by atoms with Crippen LogP contribution in [0.1, 0.15) is 0 Å². The molecule has 0 aromatic heterocycles. The second-order valence-electron chi connectivity index (χ2n) is 5.62. The van der Waals surface area contributed by atoms with Crippen molar-refractivity contribution in [2.45, 2.75) is 0 Å². The maximum Gasteiger partial charge on any atom is 0.140 e. The third kappa shape index (κ3) is 2.07. The zero-order chi connectivity index (χ0) is 15.1. The molecule has 0 nitrogen and oxygen atoms in total. The van der Waals surface area contributed by atoms with E-state index in [2.05, 4.69) is 96.6 Å². The quantitative estimate of drug-likeness (QED) is 0.440. The summed E-state index contributed by atoms with van der Waals surface area (Å²) in [6.07, 6.45) is 0. The maximum atomic E-state index is 3.77. The van der Waals surface area contributed by atoms with E-state index in [4.69, 9.17) is 0 Å². The van der Waals surface area contributed by atoms with Crippen LogP contribution in [0.2, 0.25) is 0 Å². The van der Waals surface area contributed by atoms with E-state index in [1.54, 1.807) is 0 Å². The SMILES string of the molecule is Bc1ccc2ccccc2c1-c1c(Br)ccc2ccccc12. The van der Waals surface area contributed by atoms with Gasteiger partial charge in [-0.1, -0.05) is 88.1 Å². The van der Waals surface area contributed by atoms with Crippen molar-refractivity contribution in [2.75, 3.05) is 0 Å². The van der Waals surface area contributed by atoms with Crippen molar-refractivity contribution in [2.24, 2.45) is 0 Å². The Morgan fingerprint density at radius 2 is 1.14 bits per heavy atom. The van der Waals surface area contributed by atoms with Crippen molar-refractivity contribution in [3.63, 3.8) is 0 Å². The lowest BCUT2D eigenvalue weighted by atomic mass is 9.82. The summed E-state index contributed by atoms with van der Waals surface area (Å²) >= 11 is 3.77. The van der Waals surface area contributed by atoms with Gasteiger partial charge >= 0.3 is 0 Å². The van der Waals surface area contributed by atoms with Crippen LogP contribution in [-0.2, 0) is 0 Å². The maximum absolute atomic E-state index is 3.77. The summed E-state index contributed by atoms with van der Waals surface area (Å²) in [5, 5.41) is 5.15. The summed E-state index contributed by atoms with van der Waals surface area (Å²) < 4.78 is 1.14. The first-order valence-electron chi connectivity index (χ1n) is 7.42. The van der Waals surface area contributed by atoms with E-state index in [-0.39, 0.29) is 0 Å². The third-order valence-electron chi connectivity index (χ3n) is 4.27. The molecule has 0 aliphatic heterocycles. The molecular weight excluding hydrogens is 331 g/mol. The van der Waals surface area contributed by atoms with Crippen molar-refractivity contribution in [3.8, 4) is 11.1 Å². The average molecular weight is 345 g/mol. The minimum absolute atomic E-state index is 1.14. The number of hydrogen-bond donors (Lipinski definition) is 0. The Morgan fingerprint density at radius 3 is 1.82 bits per heavy atom. The van der Waals surface area contributed by atoms with Gasteiger partial charge in [-0.2, -0.15) is 0 Å². The molecular formula is C20H14BBr. The van der Waals surface area contributed by atoms with Gasteiger partial charge < -0.3 is 0 Å². The van der Waals surface area contributed by atoms with Gasteiger partial charge in [-0.3, -0.25) is 0 Å².